The van der Waals surface area contributed by atoms with Gasteiger partial charge in [-0.2, -0.15) is 5.26 Å². The highest BCUT2D eigenvalue weighted by Gasteiger charge is 2.24. The molecule has 0 saturated carbocycles. The van der Waals surface area contributed by atoms with E-state index in [0.29, 0.717) is 12.6 Å². The molecule has 2 N–H and O–H groups in total. The summed E-state index contributed by atoms with van der Waals surface area (Å²) in [6.45, 7) is 3.68. The van der Waals surface area contributed by atoms with Gasteiger partial charge in [-0.05, 0) is 26.3 Å². The summed E-state index contributed by atoms with van der Waals surface area (Å²) in [5, 5.41) is 8.77. The highest BCUT2D eigenvalue weighted by atomic mass is 15.2. The minimum absolute atomic E-state index is 0.0267. The Hall–Kier alpha value is -0.590. The van der Waals surface area contributed by atoms with Crippen LogP contribution in [-0.4, -0.2) is 30.1 Å². The summed E-state index contributed by atoms with van der Waals surface area (Å²) >= 11 is 0. The van der Waals surface area contributed by atoms with Gasteiger partial charge < -0.3 is 5.73 Å². The van der Waals surface area contributed by atoms with E-state index >= 15 is 0 Å². The molecule has 2 atom stereocenters. The Morgan fingerprint density at radius 1 is 1.67 bits per heavy atom. The summed E-state index contributed by atoms with van der Waals surface area (Å²) in [5.41, 5.74) is 5.64. The molecule has 0 aliphatic carbocycles. The van der Waals surface area contributed by atoms with Gasteiger partial charge in [0.15, 0.2) is 0 Å². The fourth-order valence-electron chi connectivity index (χ4n) is 1.86. The van der Waals surface area contributed by atoms with Gasteiger partial charge in [0.05, 0.1) is 12.1 Å². The van der Waals surface area contributed by atoms with E-state index < -0.39 is 0 Å². The lowest BCUT2D eigenvalue weighted by Gasteiger charge is -2.36. The minimum atomic E-state index is 0.0267. The molecule has 1 heterocycles. The first-order valence-corrected chi connectivity index (χ1v) is 4.65. The van der Waals surface area contributed by atoms with Gasteiger partial charge in [0.1, 0.15) is 0 Å². The molecule has 1 saturated heterocycles. The van der Waals surface area contributed by atoms with E-state index in [1.165, 1.54) is 12.8 Å². The molecule has 1 aliphatic rings. The average molecular weight is 167 g/mol. The molecule has 68 valence electrons. The average Bonchev–Trinajstić information content (AvgIpc) is 2.16. The number of hydrogen-bond donors (Lipinski definition) is 1. The topological polar surface area (TPSA) is 53.0 Å². The Bertz CT molecular complexity index is 173. The van der Waals surface area contributed by atoms with Gasteiger partial charge in [0.2, 0.25) is 0 Å². The molecule has 2 unspecified atom stereocenters. The Morgan fingerprint density at radius 3 is 3.00 bits per heavy atom. The van der Waals surface area contributed by atoms with Crippen LogP contribution in [0.1, 0.15) is 26.2 Å². The quantitative estimate of drug-likeness (QED) is 0.659. The standard InChI is InChI=1S/C9H17N3/c1-8(6-10)12-5-3-2-4-9(12)7-11/h8-9H,2-5,7,11H2,1H3. The number of nitrogens with two attached hydrogens (primary N) is 1. The number of rotatable bonds is 2. The second-order valence-corrected chi connectivity index (χ2v) is 3.43. The molecular weight excluding hydrogens is 150 g/mol. The van der Waals surface area contributed by atoms with E-state index in [1.807, 2.05) is 6.92 Å². The van der Waals surface area contributed by atoms with Crippen LogP contribution in [0.5, 0.6) is 0 Å². The smallest absolute Gasteiger partial charge is 0.0952 e. The summed E-state index contributed by atoms with van der Waals surface area (Å²) in [6.07, 6.45) is 3.63. The predicted octanol–water partition coefficient (Wildman–Crippen LogP) is 0.712. The first-order chi connectivity index (χ1) is 5.79. The second-order valence-electron chi connectivity index (χ2n) is 3.43. The van der Waals surface area contributed by atoms with E-state index in [0.717, 1.165) is 13.0 Å². The third-order valence-corrected chi connectivity index (χ3v) is 2.63. The van der Waals surface area contributed by atoms with Gasteiger partial charge in [0, 0.05) is 12.6 Å². The molecule has 1 fully saturated rings. The summed E-state index contributed by atoms with van der Waals surface area (Å²) in [7, 11) is 0. The van der Waals surface area contributed by atoms with Crippen molar-refractivity contribution in [2.75, 3.05) is 13.1 Å². The molecule has 1 rings (SSSR count). The van der Waals surface area contributed by atoms with Crippen molar-refractivity contribution in [3.8, 4) is 6.07 Å². The highest BCUT2D eigenvalue weighted by molar-refractivity contribution is 4.92. The molecule has 12 heavy (non-hydrogen) atoms. The lowest BCUT2D eigenvalue weighted by atomic mass is 10.0. The molecule has 0 amide bonds. The Balaban J connectivity index is 2.53. The van der Waals surface area contributed by atoms with Crippen LogP contribution >= 0.6 is 0 Å². The van der Waals surface area contributed by atoms with E-state index in [4.69, 9.17) is 11.0 Å². The van der Waals surface area contributed by atoms with Gasteiger partial charge in [0.25, 0.3) is 0 Å². The normalized spacial score (nSPS) is 27.9. The fraction of sp³-hybridized carbons (Fsp3) is 0.889. The maximum atomic E-state index is 8.77. The van der Waals surface area contributed by atoms with Crippen molar-refractivity contribution >= 4 is 0 Å². The molecule has 0 aromatic carbocycles. The number of nitrogens with zero attached hydrogens (tertiary/aromatic N) is 2. The third-order valence-electron chi connectivity index (χ3n) is 2.63. The molecular formula is C9H17N3. The number of piperidine rings is 1. The lowest BCUT2D eigenvalue weighted by Crippen LogP contribution is -2.48. The van der Waals surface area contributed by atoms with Crippen LogP contribution < -0.4 is 5.73 Å². The molecule has 0 bridgehead atoms. The number of likely N-dealkylation sites (tertiary alicyclic amines) is 1. The van der Waals surface area contributed by atoms with Crippen LogP contribution in [0.25, 0.3) is 0 Å². The van der Waals surface area contributed by atoms with Crippen LogP contribution in [0.3, 0.4) is 0 Å². The van der Waals surface area contributed by atoms with Gasteiger partial charge >= 0.3 is 0 Å². The van der Waals surface area contributed by atoms with Crippen molar-refractivity contribution in [3.05, 3.63) is 0 Å². The molecule has 0 radical (unpaired) electrons. The van der Waals surface area contributed by atoms with Crippen molar-refractivity contribution in [2.24, 2.45) is 5.73 Å². The van der Waals surface area contributed by atoms with E-state index in [2.05, 4.69) is 11.0 Å². The minimum Gasteiger partial charge on any atom is -0.329 e. The van der Waals surface area contributed by atoms with Crippen molar-refractivity contribution in [1.82, 2.24) is 4.90 Å². The lowest BCUT2D eigenvalue weighted by molar-refractivity contribution is 0.132. The van der Waals surface area contributed by atoms with Gasteiger partial charge in [-0.15, -0.1) is 0 Å². The van der Waals surface area contributed by atoms with Gasteiger partial charge in [-0.25, -0.2) is 0 Å². The van der Waals surface area contributed by atoms with Crippen LogP contribution in [0.4, 0.5) is 0 Å². The first-order valence-electron chi connectivity index (χ1n) is 4.65. The van der Waals surface area contributed by atoms with Crippen LogP contribution in [0.15, 0.2) is 0 Å². The van der Waals surface area contributed by atoms with Crippen molar-refractivity contribution in [2.45, 2.75) is 38.3 Å². The molecule has 1 aliphatic heterocycles. The Kier molecular flexibility index (Phi) is 3.51. The monoisotopic (exact) mass is 167 g/mol. The zero-order chi connectivity index (χ0) is 8.97. The van der Waals surface area contributed by atoms with E-state index in [9.17, 15) is 0 Å². The summed E-state index contributed by atoms with van der Waals surface area (Å²) in [4.78, 5) is 2.23. The predicted molar refractivity (Wildman–Crippen MR) is 48.5 cm³/mol. The molecule has 3 heteroatoms. The summed E-state index contributed by atoms with van der Waals surface area (Å²) in [5.74, 6) is 0. The Labute approximate surface area is 74.1 Å². The summed E-state index contributed by atoms with van der Waals surface area (Å²) in [6, 6.07) is 2.73. The molecule has 0 aromatic rings. The van der Waals surface area contributed by atoms with Crippen molar-refractivity contribution in [3.63, 3.8) is 0 Å². The van der Waals surface area contributed by atoms with Gasteiger partial charge in [-0.1, -0.05) is 6.42 Å². The zero-order valence-electron chi connectivity index (χ0n) is 7.66. The summed E-state index contributed by atoms with van der Waals surface area (Å²) < 4.78 is 0. The maximum absolute atomic E-state index is 8.77. The van der Waals surface area contributed by atoms with Crippen LogP contribution in [0, 0.1) is 11.3 Å². The van der Waals surface area contributed by atoms with Crippen LogP contribution in [0.2, 0.25) is 0 Å². The molecule has 0 aromatic heterocycles. The van der Waals surface area contributed by atoms with E-state index in [-0.39, 0.29) is 6.04 Å². The van der Waals surface area contributed by atoms with Crippen molar-refractivity contribution < 1.29 is 0 Å². The first kappa shape index (κ1) is 9.50. The maximum Gasteiger partial charge on any atom is 0.0952 e. The van der Waals surface area contributed by atoms with Crippen LogP contribution in [-0.2, 0) is 0 Å². The molecule has 3 nitrogen and oxygen atoms in total. The van der Waals surface area contributed by atoms with Crippen molar-refractivity contribution in [1.29, 1.82) is 5.26 Å². The largest absolute Gasteiger partial charge is 0.329 e. The second kappa shape index (κ2) is 4.44. The SMILES string of the molecule is CC(C#N)N1CCCCC1CN. The fourth-order valence-corrected chi connectivity index (χ4v) is 1.86. The third kappa shape index (κ3) is 1.96. The highest BCUT2D eigenvalue weighted by Crippen LogP contribution is 2.18. The number of nitriles is 1. The Morgan fingerprint density at radius 2 is 2.42 bits per heavy atom. The molecule has 0 spiro atoms. The van der Waals surface area contributed by atoms with Gasteiger partial charge in [-0.3, -0.25) is 4.90 Å². The number of hydrogen-bond acceptors (Lipinski definition) is 3. The van der Waals surface area contributed by atoms with E-state index in [1.54, 1.807) is 0 Å². The zero-order valence-corrected chi connectivity index (χ0v) is 7.66.